The van der Waals surface area contributed by atoms with Crippen LogP contribution in [0.1, 0.15) is 5.56 Å². The molecule has 9 nitrogen and oxygen atoms in total. The number of nitrogens with zero attached hydrogens (tertiary/aromatic N) is 2. The minimum Gasteiger partial charge on any atom is -0.493 e. The van der Waals surface area contributed by atoms with Gasteiger partial charge in [-0.25, -0.2) is 18.4 Å². The summed E-state index contributed by atoms with van der Waals surface area (Å²) in [6, 6.07) is 11.4. The van der Waals surface area contributed by atoms with Gasteiger partial charge >= 0.3 is 0 Å². The van der Waals surface area contributed by atoms with Crippen molar-refractivity contribution >= 4 is 39.0 Å². The van der Waals surface area contributed by atoms with Crippen molar-refractivity contribution in [2.75, 3.05) is 31.0 Å². The van der Waals surface area contributed by atoms with Crippen LogP contribution in [0, 0.1) is 6.92 Å². The van der Waals surface area contributed by atoms with E-state index >= 15 is 0 Å². The summed E-state index contributed by atoms with van der Waals surface area (Å²) >= 11 is 1.03. The zero-order chi connectivity index (χ0) is 23.3. The smallest absolute Gasteiger partial charge is 0.234 e. The molecule has 0 aliphatic carbocycles. The van der Waals surface area contributed by atoms with Crippen molar-refractivity contribution in [1.29, 1.82) is 0 Å². The van der Waals surface area contributed by atoms with Crippen molar-refractivity contribution in [3.8, 4) is 11.5 Å². The maximum Gasteiger partial charge on any atom is 0.234 e. The number of aromatic nitrogens is 2. The topological polar surface area (TPSA) is 133 Å². The van der Waals surface area contributed by atoms with Crippen LogP contribution >= 0.6 is 11.8 Å². The summed E-state index contributed by atoms with van der Waals surface area (Å²) in [7, 11) is -0.821. The summed E-state index contributed by atoms with van der Waals surface area (Å²) in [4.78, 5) is 20.3. The highest BCUT2D eigenvalue weighted by Crippen LogP contribution is 2.30. The number of hydrogen-bond donors (Lipinski definition) is 2. The van der Waals surface area contributed by atoms with Crippen LogP contribution in [-0.4, -0.2) is 44.3 Å². The number of rotatable bonds is 8. The Bertz CT molecular complexity index is 1230. The van der Waals surface area contributed by atoms with Gasteiger partial charge in [-0.1, -0.05) is 29.5 Å². The number of thioether (sulfide) groups is 1. The molecule has 1 amide bonds. The first-order valence-electron chi connectivity index (χ1n) is 9.33. The fourth-order valence-corrected chi connectivity index (χ4v) is 4.61. The number of nitrogen functional groups attached to an aromatic ring is 1. The molecule has 3 N–H and O–H groups in total. The Labute approximate surface area is 190 Å². The van der Waals surface area contributed by atoms with Gasteiger partial charge in [-0.2, -0.15) is 0 Å². The predicted molar refractivity (Wildman–Crippen MR) is 122 cm³/mol. The first-order chi connectivity index (χ1) is 15.2. The standard InChI is InChI=1S/C21H22N4O5S2/c1-13-4-7-15(8-5-13)32(27,28)18-11-23-21(25-20(18)22)31-12-19(26)24-14-6-9-16(29-2)17(10-14)30-3/h4-11H,12H2,1-3H3,(H,24,26)(H2,22,23,25). The number of sulfone groups is 1. The van der Waals surface area contributed by atoms with Crippen molar-refractivity contribution in [3.63, 3.8) is 0 Å². The van der Waals surface area contributed by atoms with Gasteiger partial charge in [0.15, 0.2) is 16.7 Å². The summed E-state index contributed by atoms with van der Waals surface area (Å²) in [5.41, 5.74) is 7.37. The Morgan fingerprint density at radius 2 is 1.78 bits per heavy atom. The number of methoxy groups -OCH3 is 2. The van der Waals surface area contributed by atoms with Crippen molar-refractivity contribution < 1.29 is 22.7 Å². The van der Waals surface area contributed by atoms with Gasteiger partial charge in [0.2, 0.25) is 15.7 Å². The lowest BCUT2D eigenvalue weighted by molar-refractivity contribution is -0.113. The van der Waals surface area contributed by atoms with Gasteiger partial charge in [0.1, 0.15) is 10.7 Å². The van der Waals surface area contributed by atoms with E-state index in [1.807, 2.05) is 6.92 Å². The van der Waals surface area contributed by atoms with E-state index in [2.05, 4.69) is 15.3 Å². The Morgan fingerprint density at radius 3 is 2.41 bits per heavy atom. The molecule has 2 aromatic carbocycles. The summed E-state index contributed by atoms with van der Waals surface area (Å²) in [6.45, 7) is 1.86. The number of hydrogen-bond acceptors (Lipinski definition) is 9. The molecule has 3 rings (SSSR count). The summed E-state index contributed by atoms with van der Waals surface area (Å²) < 4.78 is 36.0. The van der Waals surface area contributed by atoms with Crippen LogP contribution in [-0.2, 0) is 14.6 Å². The highest BCUT2D eigenvalue weighted by atomic mass is 32.2. The number of carbonyl (C=O) groups is 1. The lowest BCUT2D eigenvalue weighted by atomic mass is 10.2. The summed E-state index contributed by atoms with van der Waals surface area (Å²) in [6.07, 6.45) is 1.16. The number of anilines is 2. The molecule has 32 heavy (non-hydrogen) atoms. The minimum absolute atomic E-state index is 0.00214. The van der Waals surface area contributed by atoms with Crippen LogP contribution < -0.4 is 20.5 Å². The number of carbonyl (C=O) groups excluding carboxylic acids is 1. The average Bonchev–Trinajstić information content (AvgIpc) is 2.77. The molecule has 0 fully saturated rings. The molecule has 0 bridgehead atoms. The third-order valence-corrected chi connectivity index (χ3v) is 7.03. The molecule has 3 aromatic rings. The molecule has 0 aliphatic heterocycles. The molecule has 1 aromatic heterocycles. The normalized spacial score (nSPS) is 11.1. The second-order valence-corrected chi connectivity index (χ2v) is 9.49. The molecule has 0 atom stereocenters. The maximum absolute atomic E-state index is 12.8. The second-order valence-electron chi connectivity index (χ2n) is 6.63. The number of aryl methyl sites for hydroxylation is 1. The molecule has 0 aliphatic rings. The van der Waals surface area contributed by atoms with Gasteiger partial charge in [0.25, 0.3) is 0 Å². The van der Waals surface area contributed by atoms with Gasteiger partial charge in [0, 0.05) is 11.8 Å². The highest BCUT2D eigenvalue weighted by molar-refractivity contribution is 7.99. The highest BCUT2D eigenvalue weighted by Gasteiger charge is 2.22. The summed E-state index contributed by atoms with van der Waals surface area (Å²) in [5.74, 6) is 0.547. The SMILES string of the molecule is COc1ccc(NC(=O)CSc2ncc(S(=O)(=O)c3ccc(C)cc3)c(N)n2)cc1OC. The quantitative estimate of drug-likeness (QED) is 0.373. The van der Waals surface area contributed by atoms with Gasteiger partial charge in [-0.3, -0.25) is 4.79 Å². The first-order valence-corrected chi connectivity index (χ1v) is 11.8. The maximum atomic E-state index is 12.8. The van der Waals surface area contributed by atoms with E-state index in [4.69, 9.17) is 15.2 Å². The van der Waals surface area contributed by atoms with E-state index in [1.165, 1.54) is 26.4 Å². The van der Waals surface area contributed by atoms with Gasteiger partial charge in [-0.05, 0) is 31.2 Å². The zero-order valence-electron chi connectivity index (χ0n) is 17.7. The number of nitrogens with two attached hydrogens (primary N) is 1. The number of nitrogens with one attached hydrogen (secondary N) is 1. The van der Waals surface area contributed by atoms with Crippen molar-refractivity contribution in [1.82, 2.24) is 9.97 Å². The van der Waals surface area contributed by atoms with Gasteiger partial charge in [-0.15, -0.1) is 0 Å². The van der Waals surface area contributed by atoms with Crippen LogP contribution in [0.5, 0.6) is 11.5 Å². The largest absolute Gasteiger partial charge is 0.493 e. The molecule has 0 radical (unpaired) electrons. The molecular formula is C21H22N4O5S2. The number of amides is 1. The Kier molecular flexibility index (Phi) is 7.21. The van der Waals surface area contributed by atoms with E-state index < -0.39 is 9.84 Å². The Morgan fingerprint density at radius 1 is 1.09 bits per heavy atom. The third-order valence-electron chi connectivity index (χ3n) is 4.38. The second kappa shape index (κ2) is 9.88. The van der Waals surface area contributed by atoms with E-state index in [9.17, 15) is 13.2 Å². The van der Waals surface area contributed by atoms with Crippen molar-refractivity contribution in [2.24, 2.45) is 0 Å². The summed E-state index contributed by atoms with van der Waals surface area (Å²) in [5, 5.41) is 2.92. The zero-order valence-corrected chi connectivity index (χ0v) is 19.3. The van der Waals surface area contributed by atoms with Crippen LogP contribution in [0.4, 0.5) is 11.5 Å². The van der Waals surface area contributed by atoms with Crippen LogP contribution in [0.15, 0.2) is 63.6 Å². The van der Waals surface area contributed by atoms with E-state index in [-0.39, 0.29) is 32.4 Å². The molecule has 0 saturated heterocycles. The van der Waals surface area contributed by atoms with Gasteiger partial charge in [0.05, 0.1) is 31.1 Å². The van der Waals surface area contributed by atoms with Gasteiger partial charge < -0.3 is 20.5 Å². The molecular weight excluding hydrogens is 452 g/mol. The Hall–Kier alpha value is -3.31. The van der Waals surface area contributed by atoms with Crippen LogP contribution in [0.3, 0.4) is 0 Å². The molecule has 11 heteroatoms. The fraction of sp³-hybridized carbons (Fsp3) is 0.190. The van der Waals surface area contributed by atoms with Crippen LogP contribution in [0.2, 0.25) is 0 Å². The third kappa shape index (κ3) is 5.29. The average molecular weight is 475 g/mol. The molecule has 168 valence electrons. The fourth-order valence-electron chi connectivity index (χ4n) is 2.73. The first kappa shape index (κ1) is 23.4. The van der Waals surface area contributed by atoms with E-state index in [1.54, 1.807) is 30.3 Å². The van der Waals surface area contributed by atoms with E-state index in [0.29, 0.717) is 17.2 Å². The number of benzene rings is 2. The van der Waals surface area contributed by atoms with Crippen LogP contribution in [0.25, 0.3) is 0 Å². The lowest BCUT2D eigenvalue weighted by Crippen LogP contribution is -2.15. The van der Waals surface area contributed by atoms with Crippen molar-refractivity contribution in [2.45, 2.75) is 21.9 Å². The van der Waals surface area contributed by atoms with Crippen molar-refractivity contribution in [3.05, 3.63) is 54.2 Å². The minimum atomic E-state index is -3.85. The number of ether oxygens (including phenoxy) is 2. The predicted octanol–water partition coefficient (Wildman–Crippen LogP) is 2.95. The molecule has 1 heterocycles. The molecule has 0 saturated carbocycles. The lowest BCUT2D eigenvalue weighted by Gasteiger charge is -2.10. The molecule has 0 spiro atoms. The molecule has 0 unspecified atom stereocenters. The van der Waals surface area contributed by atoms with E-state index in [0.717, 1.165) is 23.5 Å². The Balaban J connectivity index is 1.67. The monoisotopic (exact) mass is 474 g/mol.